The summed E-state index contributed by atoms with van der Waals surface area (Å²) in [6.07, 6.45) is 1.79. The van der Waals surface area contributed by atoms with Gasteiger partial charge in [0, 0.05) is 23.3 Å². The summed E-state index contributed by atoms with van der Waals surface area (Å²) in [4.78, 5) is 13.7. The summed E-state index contributed by atoms with van der Waals surface area (Å²) in [6, 6.07) is 5.55. The van der Waals surface area contributed by atoms with E-state index < -0.39 is 5.97 Å². The number of ether oxygens (including phenoxy) is 1. The predicted molar refractivity (Wildman–Crippen MR) is 56.2 cm³/mol. The molecular formula is C11H11NO3. The molecule has 4 nitrogen and oxygen atoms in total. The molecule has 0 saturated carbocycles. The molecule has 0 fully saturated rings. The first-order valence-corrected chi connectivity index (χ1v) is 4.56. The van der Waals surface area contributed by atoms with E-state index in [1.807, 2.05) is 24.4 Å². The number of nitrogens with one attached hydrogen (secondary N) is 1. The van der Waals surface area contributed by atoms with Crippen molar-refractivity contribution in [1.82, 2.24) is 4.98 Å². The third kappa shape index (κ3) is 1.79. The normalized spacial score (nSPS) is 10.5. The molecule has 2 aromatic rings. The van der Waals surface area contributed by atoms with Gasteiger partial charge >= 0.3 is 5.97 Å². The van der Waals surface area contributed by atoms with E-state index in [0.717, 1.165) is 10.9 Å². The quantitative estimate of drug-likeness (QED) is 0.803. The zero-order valence-corrected chi connectivity index (χ0v) is 8.28. The van der Waals surface area contributed by atoms with E-state index in [9.17, 15) is 4.79 Å². The van der Waals surface area contributed by atoms with E-state index >= 15 is 0 Å². The molecule has 4 heteroatoms. The van der Waals surface area contributed by atoms with E-state index in [4.69, 9.17) is 9.84 Å². The minimum atomic E-state index is -0.858. The van der Waals surface area contributed by atoms with Gasteiger partial charge in [0.1, 0.15) is 5.75 Å². The monoisotopic (exact) mass is 205 g/mol. The number of aliphatic carboxylic acids is 1. The van der Waals surface area contributed by atoms with Crippen molar-refractivity contribution in [3.05, 3.63) is 30.0 Å². The van der Waals surface area contributed by atoms with E-state index in [1.54, 1.807) is 0 Å². The van der Waals surface area contributed by atoms with Gasteiger partial charge < -0.3 is 14.8 Å². The molecule has 0 aliphatic carbocycles. The SMILES string of the molecule is COc1cc2[nH]ccc2cc1CC(=O)O. The average Bonchev–Trinajstić information content (AvgIpc) is 2.62. The van der Waals surface area contributed by atoms with E-state index in [-0.39, 0.29) is 6.42 Å². The van der Waals surface area contributed by atoms with Crippen LogP contribution in [0.5, 0.6) is 5.75 Å². The number of hydrogen-bond donors (Lipinski definition) is 2. The van der Waals surface area contributed by atoms with Crippen LogP contribution in [-0.4, -0.2) is 23.2 Å². The second-order valence-corrected chi connectivity index (χ2v) is 3.30. The van der Waals surface area contributed by atoms with Crippen LogP contribution in [0.1, 0.15) is 5.56 Å². The molecule has 0 unspecified atom stereocenters. The lowest BCUT2D eigenvalue weighted by molar-refractivity contribution is -0.136. The smallest absolute Gasteiger partial charge is 0.307 e. The molecule has 15 heavy (non-hydrogen) atoms. The van der Waals surface area contributed by atoms with Gasteiger partial charge in [0.2, 0.25) is 0 Å². The number of benzene rings is 1. The average molecular weight is 205 g/mol. The topological polar surface area (TPSA) is 62.3 Å². The second kappa shape index (κ2) is 3.65. The van der Waals surface area contributed by atoms with Gasteiger partial charge in [-0.3, -0.25) is 4.79 Å². The highest BCUT2D eigenvalue weighted by molar-refractivity contribution is 5.84. The van der Waals surface area contributed by atoms with E-state index in [2.05, 4.69) is 4.98 Å². The fourth-order valence-electron chi connectivity index (χ4n) is 1.62. The van der Waals surface area contributed by atoms with Crippen molar-refractivity contribution >= 4 is 16.9 Å². The highest BCUT2D eigenvalue weighted by atomic mass is 16.5. The number of aromatic nitrogens is 1. The van der Waals surface area contributed by atoms with Crippen LogP contribution in [0.4, 0.5) is 0 Å². The number of fused-ring (bicyclic) bond motifs is 1. The zero-order valence-electron chi connectivity index (χ0n) is 8.28. The van der Waals surface area contributed by atoms with Gasteiger partial charge in [0.05, 0.1) is 13.5 Å². The summed E-state index contributed by atoms with van der Waals surface area (Å²) in [5, 5.41) is 9.74. The molecule has 1 aromatic carbocycles. The lowest BCUT2D eigenvalue weighted by Crippen LogP contribution is -2.02. The highest BCUT2D eigenvalue weighted by Crippen LogP contribution is 2.25. The molecule has 1 heterocycles. The Balaban J connectivity index is 2.54. The maximum atomic E-state index is 10.6. The van der Waals surface area contributed by atoms with Gasteiger partial charge in [-0.25, -0.2) is 0 Å². The summed E-state index contributed by atoms with van der Waals surface area (Å²) >= 11 is 0. The third-order valence-electron chi connectivity index (χ3n) is 2.30. The van der Waals surface area contributed by atoms with Crippen LogP contribution in [0, 0.1) is 0 Å². The summed E-state index contributed by atoms with van der Waals surface area (Å²) in [5.74, 6) is -0.254. The highest BCUT2D eigenvalue weighted by Gasteiger charge is 2.09. The first-order chi connectivity index (χ1) is 7.20. The first kappa shape index (κ1) is 9.58. The van der Waals surface area contributed by atoms with Crippen LogP contribution in [0.15, 0.2) is 24.4 Å². The Morgan fingerprint density at radius 2 is 2.33 bits per heavy atom. The Bertz CT molecular complexity index is 502. The van der Waals surface area contributed by atoms with Crippen molar-refractivity contribution in [1.29, 1.82) is 0 Å². The number of hydrogen-bond acceptors (Lipinski definition) is 2. The van der Waals surface area contributed by atoms with Gasteiger partial charge in [-0.05, 0) is 17.5 Å². The van der Waals surface area contributed by atoms with E-state index in [1.165, 1.54) is 7.11 Å². The largest absolute Gasteiger partial charge is 0.496 e. The fraction of sp³-hybridized carbons (Fsp3) is 0.182. The predicted octanol–water partition coefficient (Wildman–Crippen LogP) is 1.80. The molecule has 0 radical (unpaired) electrons. The molecule has 78 valence electrons. The van der Waals surface area contributed by atoms with Gasteiger partial charge in [0.25, 0.3) is 0 Å². The number of rotatable bonds is 3. The van der Waals surface area contributed by atoms with Crippen LogP contribution in [0.2, 0.25) is 0 Å². The molecule has 2 rings (SSSR count). The van der Waals surface area contributed by atoms with Crippen molar-refractivity contribution in [2.75, 3.05) is 7.11 Å². The number of carboxylic acid groups (broad SMARTS) is 1. The Hall–Kier alpha value is -1.97. The number of carbonyl (C=O) groups is 1. The molecular weight excluding hydrogens is 194 g/mol. The maximum Gasteiger partial charge on any atom is 0.307 e. The Morgan fingerprint density at radius 1 is 1.53 bits per heavy atom. The van der Waals surface area contributed by atoms with Crippen LogP contribution in [0.25, 0.3) is 10.9 Å². The third-order valence-corrected chi connectivity index (χ3v) is 2.30. The van der Waals surface area contributed by atoms with Crippen LogP contribution >= 0.6 is 0 Å². The Labute approximate surface area is 86.5 Å². The fourth-order valence-corrected chi connectivity index (χ4v) is 1.62. The standard InChI is InChI=1S/C11H11NO3/c1-15-10-6-9-7(2-3-12-9)4-8(10)5-11(13)14/h2-4,6,12H,5H2,1H3,(H,13,14). The van der Waals surface area contributed by atoms with Gasteiger partial charge in [-0.15, -0.1) is 0 Å². The summed E-state index contributed by atoms with van der Waals surface area (Å²) in [6.45, 7) is 0. The van der Waals surface area contributed by atoms with Crippen molar-refractivity contribution in [3.8, 4) is 5.75 Å². The number of methoxy groups -OCH3 is 1. The summed E-state index contributed by atoms with van der Waals surface area (Å²) in [7, 11) is 1.54. The zero-order chi connectivity index (χ0) is 10.8. The van der Waals surface area contributed by atoms with Crippen molar-refractivity contribution in [2.24, 2.45) is 0 Å². The van der Waals surface area contributed by atoms with Gasteiger partial charge in [-0.1, -0.05) is 0 Å². The first-order valence-electron chi connectivity index (χ1n) is 4.56. The number of H-pyrrole nitrogens is 1. The Morgan fingerprint density at radius 3 is 3.00 bits per heavy atom. The molecule has 0 bridgehead atoms. The van der Waals surface area contributed by atoms with Gasteiger partial charge in [-0.2, -0.15) is 0 Å². The number of aromatic amines is 1. The molecule has 0 aliphatic rings. The molecule has 0 saturated heterocycles. The molecule has 2 N–H and O–H groups in total. The molecule has 0 atom stereocenters. The van der Waals surface area contributed by atoms with Gasteiger partial charge in [0.15, 0.2) is 0 Å². The van der Waals surface area contributed by atoms with Crippen molar-refractivity contribution in [2.45, 2.75) is 6.42 Å². The van der Waals surface area contributed by atoms with Crippen LogP contribution in [-0.2, 0) is 11.2 Å². The van der Waals surface area contributed by atoms with Crippen LogP contribution in [0.3, 0.4) is 0 Å². The minimum Gasteiger partial charge on any atom is -0.496 e. The molecule has 0 spiro atoms. The Kier molecular flexibility index (Phi) is 2.33. The maximum absolute atomic E-state index is 10.6. The number of carboxylic acids is 1. The van der Waals surface area contributed by atoms with Crippen molar-refractivity contribution in [3.63, 3.8) is 0 Å². The minimum absolute atomic E-state index is 0.0235. The van der Waals surface area contributed by atoms with Crippen molar-refractivity contribution < 1.29 is 14.6 Å². The van der Waals surface area contributed by atoms with Crippen LogP contribution < -0.4 is 4.74 Å². The molecule has 0 aliphatic heterocycles. The molecule has 1 aromatic heterocycles. The summed E-state index contributed by atoms with van der Waals surface area (Å²) < 4.78 is 5.14. The summed E-state index contributed by atoms with van der Waals surface area (Å²) in [5.41, 5.74) is 1.64. The van der Waals surface area contributed by atoms with E-state index in [0.29, 0.717) is 11.3 Å². The second-order valence-electron chi connectivity index (χ2n) is 3.30. The lowest BCUT2D eigenvalue weighted by atomic mass is 10.1. The lowest BCUT2D eigenvalue weighted by Gasteiger charge is -2.06. The molecule has 0 amide bonds.